The molecule has 218 valence electrons. The molecule has 0 unspecified atom stereocenters. The molecule has 0 aromatic heterocycles. The predicted octanol–water partition coefficient (Wildman–Crippen LogP) is 7.36. The summed E-state index contributed by atoms with van der Waals surface area (Å²) in [6, 6.07) is 19.0. The van der Waals surface area contributed by atoms with Crippen LogP contribution in [0.15, 0.2) is 60.7 Å². The van der Waals surface area contributed by atoms with Gasteiger partial charge in [0, 0.05) is 50.2 Å². The Labute approximate surface area is 253 Å². The Morgan fingerprint density at radius 1 is 0.512 bits per heavy atom. The number of halogens is 1. The molecule has 3 aromatic rings. The third-order valence-electron chi connectivity index (χ3n) is 7.68. The van der Waals surface area contributed by atoms with Crippen LogP contribution < -0.4 is 0 Å². The third kappa shape index (κ3) is 6.56. The molecule has 3 amide bonds. The lowest BCUT2D eigenvalue weighted by Crippen LogP contribution is -2.33. The van der Waals surface area contributed by atoms with E-state index in [2.05, 4.69) is 15.9 Å². The van der Waals surface area contributed by atoms with Crippen LogP contribution in [-0.4, -0.2) is 71.7 Å². The van der Waals surface area contributed by atoms with E-state index in [9.17, 15) is 14.4 Å². The molecule has 0 bridgehead atoms. The lowest BCUT2D eigenvalue weighted by atomic mass is 9.86. The van der Waals surface area contributed by atoms with Crippen molar-refractivity contribution in [3.8, 4) is 22.3 Å². The number of rotatable bonds is 12. The molecule has 0 saturated heterocycles. The highest BCUT2D eigenvalue weighted by atomic mass is 79.9. The molecule has 0 spiro atoms. The van der Waals surface area contributed by atoms with Crippen molar-refractivity contribution in [2.24, 2.45) is 0 Å². The van der Waals surface area contributed by atoms with Gasteiger partial charge in [-0.1, -0.05) is 70.5 Å². The van der Waals surface area contributed by atoms with E-state index >= 15 is 0 Å². The summed E-state index contributed by atoms with van der Waals surface area (Å²) >= 11 is 3.59. The van der Waals surface area contributed by atoms with Gasteiger partial charge in [0.1, 0.15) is 0 Å². The van der Waals surface area contributed by atoms with Crippen LogP contribution in [0.4, 0.5) is 0 Å². The lowest BCUT2D eigenvalue weighted by Gasteiger charge is -2.26. The van der Waals surface area contributed by atoms with Gasteiger partial charge < -0.3 is 14.7 Å². The Balaban J connectivity index is 2.44. The number of hydrogen-bond donors (Lipinski definition) is 0. The van der Waals surface area contributed by atoms with Crippen LogP contribution in [0, 0.1) is 0 Å². The summed E-state index contributed by atoms with van der Waals surface area (Å²) in [5.74, 6) is -0.268. The number of carbonyl (C=O) groups excluding carboxylic acids is 3. The molecule has 0 saturated carbocycles. The van der Waals surface area contributed by atoms with Gasteiger partial charge in [0.25, 0.3) is 17.7 Å². The van der Waals surface area contributed by atoms with Crippen LogP contribution in [-0.2, 0) is 5.33 Å². The first-order chi connectivity index (χ1) is 19.8. The third-order valence-corrected chi connectivity index (χ3v) is 8.28. The van der Waals surface area contributed by atoms with Crippen LogP contribution in [0.1, 0.15) is 78.2 Å². The zero-order valence-electron chi connectivity index (χ0n) is 25.2. The molecular weight excluding hydrogens is 578 g/mol. The summed E-state index contributed by atoms with van der Waals surface area (Å²) in [5.41, 5.74) is 5.28. The first-order valence-corrected chi connectivity index (χ1v) is 15.7. The van der Waals surface area contributed by atoms with Crippen molar-refractivity contribution in [2.75, 3.05) is 39.3 Å². The molecule has 0 aliphatic rings. The largest absolute Gasteiger partial charge is 0.339 e. The molecule has 3 aromatic carbocycles. The Hall–Kier alpha value is -3.45. The summed E-state index contributed by atoms with van der Waals surface area (Å²) in [7, 11) is 0. The Morgan fingerprint density at radius 2 is 0.902 bits per heavy atom. The molecule has 0 heterocycles. The van der Waals surface area contributed by atoms with Crippen LogP contribution in [0.25, 0.3) is 22.3 Å². The lowest BCUT2D eigenvalue weighted by molar-refractivity contribution is 0.0763. The van der Waals surface area contributed by atoms with Crippen molar-refractivity contribution >= 4 is 33.7 Å². The van der Waals surface area contributed by atoms with E-state index in [0.717, 1.165) is 5.56 Å². The normalized spacial score (nSPS) is 10.8. The van der Waals surface area contributed by atoms with Gasteiger partial charge in [-0.3, -0.25) is 14.4 Å². The molecule has 0 aliphatic heterocycles. The number of carbonyl (C=O) groups is 3. The van der Waals surface area contributed by atoms with Gasteiger partial charge in [-0.15, -0.1) is 0 Å². The monoisotopic (exact) mass is 619 g/mol. The minimum absolute atomic E-state index is 0.0659. The fourth-order valence-electron chi connectivity index (χ4n) is 5.34. The quantitative estimate of drug-likeness (QED) is 0.199. The Kier molecular flexibility index (Phi) is 11.7. The average molecular weight is 621 g/mol. The van der Waals surface area contributed by atoms with Crippen LogP contribution in [0.3, 0.4) is 0 Å². The van der Waals surface area contributed by atoms with Crippen molar-refractivity contribution in [1.29, 1.82) is 0 Å². The molecule has 0 atom stereocenters. The maximum absolute atomic E-state index is 14.3. The molecule has 0 radical (unpaired) electrons. The van der Waals surface area contributed by atoms with E-state index in [1.165, 1.54) is 0 Å². The van der Waals surface area contributed by atoms with Crippen molar-refractivity contribution in [3.63, 3.8) is 0 Å². The fourth-order valence-corrected chi connectivity index (χ4v) is 5.81. The maximum atomic E-state index is 14.3. The Bertz CT molecular complexity index is 1380. The van der Waals surface area contributed by atoms with Gasteiger partial charge in [-0.2, -0.15) is 0 Å². The SMILES string of the molecule is CCN(CC)C(=O)c1ccccc1-c1cccc(-c2cccc(CBr)c2C(=O)N(CC)CC)c1C(=O)N(CC)CC. The zero-order chi connectivity index (χ0) is 30.1. The highest BCUT2D eigenvalue weighted by Crippen LogP contribution is 2.38. The Morgan fingerprint density at radius 3 is 1.41 bits per heavy atom. The summed E-state index contributed by atoms with van der Waals surface area (Å²) in [4.78, 5) is 47.2. The van der Waals surface area contributed by atoms with E-state index in [0.29, 0.717) is 83.5 Å². The molecule has 0 aliphatic carbocycles. The van der Waals surface area contributed by atoms with E-state index in [1.54, 1.807) is 14.7 Å². The first kappa shape index (κ1) is 32.1. The smallest absolute Gasteiger partial charge is 0.255 e. The number of alkyl halides is 1. The predicted molar refractivity (Wildman–Crippen MR) is 172 cm³/mol. The van der Waals surface area contributed by atoms with Crippen LogP contribution in [0.2, 0.25) is 0 Å². The summed E-state index contributed by atoms with van der Waals surface area (Å²) in [6.07, 6.45) is 0. The van der Waals surface area contributed by atoms with Gasteiger partial charge >= 0.3 is 0 Å². The molecule has 3 rings (SSSR count). The van der Waals surface area contributed by atoms with Gasteiger partial charge in [0.15, 0.2) is 0 Å². The summed E-state index contributed by atoms with van der Waals surface area (Å²) < 4.78 is 0. The molecular formula is C34H42BrN3O3. The minimum Gasteiger partial charge on any atom is -0.339 e. The van der Waals surface area contributed by atoms with Crippen molar-refractivity contribution < 1.29 is 14.4 Å². The number of nitrogens with zero attached hydrogens (tertiary/aromatic N) is 3. The highest BCUT2D eigenvalue weighted by Gasteiger charge is 2.28. The summed E-state index contributed by atoms with van der Waals surface area (Å²) in [5, 5.41) is 0.503. The van der Waals surface area contributed by atoms with Gasteiger partial charge in [-0.25, -0.2) is 0 Å². The number of benzene rings is 3. The van der Waals surface area contributed by atoms with E-state index in [4.69, 9.17) is 0 Å². The van der Waals surface area contributed by atoms with Crippen molar-refractivity contribution in [2.45, 2.75) is 46.9 Å². The number of hydrogen-bond acceptors (Lipinski definition) is 3. The van der Waals surface area contributed by atoms with E-state index in [1.807, 2.05) is 102 Å². The van der Waals surface area contributed by atoms with E-state index in [-0.39, 0.29) is 17.7 Å². The molecule has 6 nitrogen and oxygen atoms in total. The second kappa shape index (κ2) is 15.0. The van der Waals surface area contributed by atoms with E-state index < -0.39 is 0 Å². The average Bonchev–Trinajstić information content (AvgIpc) is 3.01. The van der Waals surface area contributed by atoms with Gasteiger partial charge in [-0.05, 0) is 75.4 Å². The van der Waals surface area contributed by atoms with Gasteiger partial charge in [0.2, 0.25) is 0 Å². The zero-order valence-corrected chi connectivity index (χ0v) is 26.8. The van der Waals surface area contributed by atoms with Crippen LogP contribution in [0.5, 0.6) is 0 Å². The summed E-state index contributed by atoms with van der Waals surface area (Å²) in [6.45, 7) is 15.2. The molecule has 41 heavy (non-hydrogen) atoms. The van der Waals surface area contributed by atoms with Crippen LogP contribution >= 0.6 is 15.9 Å². The van der Waals surface area contributed by atoms with Crippen molar-refractivity contribution in [1.82, 2.24) is 14.7 Å². The maximum Gasteiger partial charge on any atom is 0.255 e. The highest BCUT2D eigenvalue weighted by molar-refractivity contribution is 9.08. The second-order valence-corrected chi connectivity index (χ2v) is 10.2. The molecule has 0 N–H and O–H groups in total. The van der Waals surface area contributed by atoms with Gasteiger partial charge in [0.05, 0.1) is 11.1 Å². The molecule has 7 heteroatoms. The number of amides is 3. The minimum atomic E-state index is -0.129. The first-order valence-electron chi connectivity index (χ1n) is 14.6. The van der Waals surface area contributed by atoms with Crippen molar-refractivity contribution in [3.05, 3.63) is 82.9 Å². The second-order valence-electron chi connectivity index (χ2n) is 9.68. The topological polar surface area (TPSA) is 60.9 Å². The fraction of sp³-hybridized carbons (Fsp3) is 0.382. The molecule has 0 fully saturated rings. The standard InChI is InChI=1S/C34H42BrN3O3/c1-7-36(8-2)32(39)29-19-14-13-18-25(29)26-21-16-22-28(31(26)34(41)38(11-5)12-6)27-20-15-17-24(23-35)30(27)33(40)37(9-3)10-4/h13-22H,7-12,23H2,1-6H3.